The third-order valence-corrected chi connectivity index (χ3v) is 10.0. The van der Waals surface area contributed by atoms with Crippen molar-refractivity contribution in [1.82, 2.24) is 0 Å². The molecule has 0 aliphatic heterocycles. The van der Waals surface area contributed by atoms with E-state index in [4.69, 9.17) is 4.43 Å². The summed E-state index contributed by atoms with van der Waals surface area (Å²) in [4.78, 5) is 0.167. The SMILES string of the molecule is CSC(=NS(=O)(=O)c1ccc(C(O[SiH2]C(C)(C)C)(c2ccccc2)c2ccccc2)cc1)SC. The van der Waals surface area contributed by atoms with Gasteiger partial charge >= 0.3 is 0 Å². The van der Waals surface area contributed by atoms with Crippen LogP contribution in [0.1, 0.15) is 37.5 Å². The Kier molecular flexibility index (Phi) is 8.86. The molecule has 0 saturated heterocycles. The van der Waals surface area contributed by atoms with Gasteiger partial charge in [0.15, 0.2) is 9.76 Å². The van der Waals surface area contributed by atoms with Crippen molar-refractivity contribution in [2.24, 2.45) is 4.40 Å². The number of thioether (sulfide) groups is 2. The van der Waals surface area contributed by atoms with E-state index in [9.17, 15) is 8.42 Å². The van der Waals surface area contributed by atoms with E-state index >= 15 is 0 Å². The quantitative estimate of drug-likeness (QED) is 0.161. The Labute approximate surface area is 214 Å². The van der Waals surface area contributed by atoms with Crippen LogP contribution in [-0.4, -0.2) is 35.1 Å². The predicted octanol–water partition coefficient (Wildman–Crippen LogP) is 6.07. The van der Waals surface area contributed by atoms with Crippen LogP contribution in [0.15, 0.2) is 94.2 Å². The molecule has 0 radical (unpaired) electrons. The molecule has 34 heavy (non-hydrogen) atoms. The lowest BCUT2D eigenvalue weighted by Gasteiger charge is -2.38. The molecular formula is C26H31NO3S3Si. The summed E-state index contributed by atoms with van der Waals surface area (Å²) in [5, 5.41) is 0.0683. The summed E-state index contributed by atoms with van der Waals surface area (Å²) in [5.74, 6) is 0. The van der Waals surface area contributed by atoms with Gasteiger partial charge in [-0.1, -0.05) is 93.6 Å². The van der Waals surface area contributed by atoms with Crippen LogP contribution in [-0.2, 0) is 20.1 Å². The number of rotatable bonds is 7. The number of nitrogens with zero attached hydrogens (tertiary/aromatic N) is 1. The highest BCUT2D eigenvalue weighted by atomic mass is 32.2. The average molecular weight is 530 g/mol. The van der Waals surface area contributed by atoms with Crippen molar-refractivity contribution < 1.29 is 12.8 Å². The van der Waals surface area contributed by atoms with E-state index in [0.717, 1.165) is 16.7 Å². The third kappa shape index (κ3) is 6.23. The molecule has 0 saturated carbocycles. The molecule has 0 N–H and O–H groups in total. The Morgan fingerprint density at radius 1 is 0.765 bits per heavy atom. The topological polar surface area (TPSA) is 55.7 Å². The van der Waals surface area contributed by atoms with Crippen LogP contribution in [0, 0.1) is 0 Å². The second-order valence-corrected chi connectivity index (χ2v) is 15.2. The van der Waals surface area contributed by atoms with Crippen LogP contribution in [0.4, 0.5) is 0 Å². The Morgan fingerprint density at radius 2 is 1.21 bits per heavy atom. The van der Waals surface area contributed by atoms with E-state index in [1.54, 1.807) is 12.1 Å². The summed E-state index contributed by atoms with van der Waals surface area (Å²) < 4.78 is 37.2. The van der Waals surface area contributed by atoms with Crippen LogP contribution >= 0.6 is 23.5 Å². The highest BCUT2D eigenvalue weighted by Crippen LogP contribution is 2.42. The lowest BCUT2D eigenvalue weighted by molar-refractivity contribution is 0.156. The summed E-state index contributed by atoms with van der Waals surface area (Å²) in [6, 6.07) is 27.3. The molecular weight excluding hydrogens is 499 g/mol. The second kappa shape index (κ2) is 11.3. The zero-order chi connectivity index (χ0) is 24.8. The van der Waals surface area contributed by atoms with Crippen LogP contribution in [0.2, 0.25) is 5.04 Å². The van der Waals surface area contributed by atoms with Crippen LogP contribution < -0.4 is 0 Å². The van der Waals surface area contributed by atoms with Crippen molar-refractivity contribution >= 4 is 47.7 Å². The van der Waals surface area contributed by atoms with Crippen molar-refractivity contribution in [3.63, 3.8) is 0 Å². The number of hydrogen-bond donors (Lipinski definition) is 0. The van der Waals surface area contributed by atoms with E-state index in [0.29, 0.717) is 4.38 Å². The fourth-order valence-electron chi connectivity index (χ4n) is 3.59. The molecule has 0 atom stereocenters. The highest BCUT2D eigenvalue weighted by molar-refractivity contribution is 8.38. The molecule has 0 heterocycles. The maximum atomic E-state index is 12.9. The van der Waals surface area contributed by atoms with E-state index < -0.39 is 25.4 Å². The minimum Gasteiger partial charge on any atom is -0.406 e. The summed E-state index contributed by atoms with van der Waals surface area (Å²) in [7, 11) is -4.79. The molecule has 3 aromatic rings. The molecule has 3 rings (SSSR count). The van der Waals surface area contributed by atoms with E-state index in [1.807, 2.05) is 61.0 Å². The van der Waals surface area contributed by atoms with Gasteiger partial charge in [0.1, 0.15) is 9.98 Å². The van der Waals surface area contributed by atoms with E-state index in [1.165, 1.54) is 23.5 Å². The zero-order valence-corrected chi connectivity index (χ0v) is 24.1. The van der Waals surface area contributed by atoms with Gasteiger partial charge in [-0.15, -0.1) is 27.9 Å². The summed E-state index contributed by atoms with van der Waals surface area (Å²) >= 11 is 2.64. The third-order valence-electron chi connectivity index (χ3n) is 5.18. The molecule has 0 aliphatic carbocycles. The first-order chi connectivity index (χ1) is 16.1. The summed E-state index contributed by atoms with van der Waals surface area (Å²) in [5.41, 5.74) is 2.08. The smallest absolute Gasteiger partial charge is 0.283 e. The first-order valence-electron chi connectivity index (χ1n) is 10.9. The predicted molar refractivity (Wildman–Crippen MR) is 150 cm³/mol. The number of sulfonamides is 1. The molecule has 0 aromatic heterocycles. The molecule has 3 aromatic carbocycles. The first-order valence-corrected chi connectivity index (χ1v) is 16.1. The zero-order valence-electron chi connectivity index (χ0n) is 20.2. The van der Waals surface area contributed by atoms with Crippen molar-refractivity contribution in [3.05, 3.63) is 102 Å². The van der Waals surface area contributed by atoms with Crippen molar-refractivity contribution in [3.8, 4) is 0 Å². The van der Waals surface area contributed by atoms with Gasteiger partial charge in [-0.05, 0) is 46.4 Å². The molecule has 0 fully saturated rings. The summed E-state index contributed by atoms with van der Waals surface area (Å²) in [6.07, 6.45) is 3.64. The summed E-state index contributed by atoms with van der Waals surface area (Å²) in [6.45, 7) is 6.59. The fraction of sp³-hybridized carbons (Fsp3) is 0.269. The fourth-order valence-corrected chi connectivity index (χ4v) is 7.37. The molecule has 0 aliphatic rings. The van der Waals surface area contributed by atoms with E-state index in [-0.39, 0.29) is 9.93 Å². The molecule has 0 unspecified atom stereocenters. The number of benzene rings is 3. The molecule has 4 nitrogen and oxygen atoms in total. The largest absolute Gasteiger partial charge is 0.406 e. The van der Waals surface area contributed by atoms with Crippen LogP contribution in [0.3, 0.4) is 0 Å². The standard InChI is InChI=1S/C26H31NO3S3Si/c1-25(2,3)34-30-26(20-12-8-6-9-13-20,21-14-10-7-11-15-21)22-16-18-23(19-17-22)33(28,29)27-24(31-4)32-5/h6-19H,34H2,1-5H3. The van der Waals surface area contributed by atoms with Gasteiger partial charge < -0.3 is 4.43 Å². The van der Waals surface area contributed by atoms with Crippen molar-refractivity contribution in [2.45, 2.75) is 36.3 Å². The Hall–Kier alpha value is -1.84. The molecule has 180 valence electrons. The first kappa shape index (κ1) is 26.8. The monoisotopic (exact) mass is 529 g/mol. The maximum Gasteiger partial charge on any atom is 0.283 e. The lowest BCUT2D eigenvalue weighted by atomic mass is 9.80. The molecule has 0 bridgehead atoms. The van der Waals surface area contributed by atoms with Gasteiger partial charge in [-0.25, -0.2) is 0 Å². The minimum absolute atomic E-state index is 0.0683. The maximum absolute atomic E-state index is 12.9. The van der Waals surface area contributed by atoms with Gasteiger partial charge in [0, 0.05) is 0 Å². The van der Waals surface area contributed by atoms with Gasteiger partial charge in [-0.3, -0.25) is 0 Å². The van der Waals surface area contributed by atoms with Gasteiger partial charge in [-0.2, -0.15) is 8.42 Å². The highest BCUT2D eigenvalue weighted by Gasteiger charge is 2.38. The van der Waals surface area contributed by atoms with Crippen LogP contribution in [0.25, 0.3) is 0 Å². The second-order valence-electron chi connectivity index (χ2n) is 9.03. The molecule has 8 heteroatoms. The average Bonchev–Trinajstić information content (AvgIpc) is 2.84. The Bertz CT molecular complexity index is 1160. The van der Waals surface area contributed by atoms with E-state index in [2.05, 4.69) is 49.4 Å². The van der Waals surface area contributed by atoms with Gasteiger partial charge in [0.25, 0.3) is 10.0 Å². The minimum atomic E-state index is -3.80. The molecule has 0 spiro atoms. The number of hydrogen-bond acceptors (Lipinski definition) is 5. The Balaban J connectivity index is 2.20. The van der Waals surface area contributed by atoms with Crippen molar-refractivity contribution in [2.75, 3.05) is 12.5 Å². The van der Waals surface area contributed by atoms with Gasteiger partial charge in [0.05, 0.1) is 4.90 Å². The Morgan fingerprint density at radius 3 is 1.62 bits per heavy atom. The van der Waals surface area contributed by atoms with Gasteiger partial charge in [0.2, 0.25) is 0 Å². The van der Waals surface area contributed by atoms with Crippen molar-refractivity contribution in [1.29, 1.82) is 0 Å². The lowest BCUT2D eigenvalue weighted by Crippen LogP contribution is -2.36. The van der Waals surface area contributed by atoms with Crippen LogP contribution in [0.5, 0.6) is 0 Å². The normalized spacial score (nSPS) is 12.7. The molecule has 0 amide bonds.